The molecule has 9 nitrogen and oxygen atoms in total. The molecule has 11 heteroatoms. The Morgan fingerprint density at radius 2 is 1.72 bits per heavy atom. The zero-order valence-corrected chi connectivity index (χ0v) is 20.3. The topological polar surface area (TPSA) is 118 Å². The fraction of sp³-hybridized carbons (Fsp3) is 0.143. The minimum Gasteiger partial charge on any atom is -0.474 e. The van der Waals surface area contributed by atoms with Gasteiger partial charge in [-0.2, -0.15) is 5.10 Å². The molecule has 6 rings (SSSR count). The third-order valence-corrected chi connectivity index (χ3v) is 6.40. The van der Waals surface area contributed by atoms with E-state index in [9.17, 15) is 23.5 Å². The van der Waals surface area contributed by atoms with Crippen molar-refractivity contribution < 1.29 is 28.2 Å². The normalized spacial score (nSPS) is 18.1. The van der Waals surface area contributed by atoms with Crippen LogP contribution in [0.4, 0.5) is 14.5 Å². The standard InChI is InChI=1S/C28H21F2N5O4/c29-19-11-5-4-9-17(19)24-21(28-35(34-24)13-16(36)14-39-28)26(37)33-25-27(38)32-23-18(10-6-12-20(23)30)22(31-25)15-7-2-1-3-8-15/h1-12,16,25,36H,13-14H2,(H,32,38)(H,33,37)/t16?,25-/m1/s1. The van der Waals surface area contributed by atoms with E-state index < -0.39 is 35.7 Å². The molecule has 196 valence electrons. The maximum Gasteiger partial charge on any atom is 0.269 e. The smallest absolute Gasteiger partial charge is 0.269 e. The molecule has 0 saturated heterocycles. The summed E-state index contributed by atoms with van der Waals surface area (Å²) in [6.07, 6.45) is -2.35. The van der Waals surface area contributed by atoms with Gasteiger partial charge in [-0.25, -0.2) is 18.5 Å². The summed E-state index contributed by atoms with van der Waals surface area (Å²) >= 11 is 0. The van der Waals surface area contributed by atoms with Crippen molar-refractivity contribution in [3.05, 3.63) is 101 Å². The maximum atomic E-state index is 14.8. The highest BCUT2D eigenvalue weighted by atomic mass is 19.1. The fourth-order valence-corrected chi connectivity index (χ4v) is 4.61. The summed E-state index contributed by atoms with van der Waals surface area (Å²) in [6.45, 7) is -0.0730. The zero-order chi connectivity index (χ0) is 27.1. The van der Waals surface area contributed by atoms with Gasteiger partial charge in [0.1, 0.15) is 35.6 Å². The van der Waals surface area contributed by atoms with E-state index in [-0.39, 0.29) is 41.5 Å². The van der Waals surface area contributed by atoms with Crippen LogP contribution in [0.1, 0.15) is 21.5 Å². The Bertz CT molecular complexity index is 1640. The second kappa shape index (κ2) is 9.76. The van der Waals surface area contributed by atoms with Crippen LogP contribution in [-0.2, 0) is 11.3 Å². The molecule has 39 heavy (non-hydrogen) atoms. The Labute approximate surface area is 220 Å². The molecule has 4 aromatic rings. The van der Waals surface area contributed by atoms with Crippen LogP contribution < -0.4 is 15.4 Å². The van der Waals surface area contributed by atoms with Crippen LogP contribution in [0.3, 0.4) is 0 Å². The molecule has 3 aromatic carbocycles. The minimum absolute atomic E-state index is 0.0201. The number of carbonyl (C=O) groups excluding carboxylic acids is 2. The van der Waals surface area contributed by atoms with Crippen molar-refractivity contribution in [3.8, 4) is 17.1 Å². The highest BCUT2D eigenvalue weighted by Crippen LogP contribution is 2.34. The molecule has 1 aromatic heterocycles. The van der Waals surface area contributed by atoms with Crippen molar-refractivity contribution in [2.24, 2.45) is 4.99 Å². The largest absolute Gasteiger partial charge is 0.474 e. The van der Waals surface area contributed by atoms with Gasteiger partial charge in [0.25, 0.3) is 11.8 Å². The van der Waals surface area contributed by atoms with Crippen LogP contribution in [0.15, 0.2) is 77.8 Å². The van der Waals surface area contributed by atoms with E-state index >= 15 is 0 Å². The van der Waals surface area contributed by atoms with Crippen LogP contribution in [0.25, 0.3) is 11.3 Å². The molecule has 0 spiro atoms. The number of benzene rings is 3. The molecule has 2 amide bonds. The number of carbonyl (C=O) groups is 2. The Balaban J connectivity index is 1.44. The number of amides is 2. The Morgan fingerprint density at radius 1 is 1.00 bits per heavy atom. The number of hydrogen-bond acceptors (Lipinski definition) is 6. The minimum atomic E-state index is -1.47. The number of hydrogen-bond donors (Lipinski definition) is 3. The Hall–Kier alpha value is -4.90. The molecule has 2 aliphatic rings. The SMILES string of the molecule is O=C(N[C@H]1N=C(c2ccccc2)c2cccc(F)c2NC1=O)c1c(-c2ccccc2F)nn2c1OCC(O)C2. The predicted octanol–water partition coefficient (Wildman–Crippen LogP) is 3.13. The number of aliphatic imine (C=N–C) groups is 1. The summed E-state index contributed by atoms with van der Waals surface area (Å²) in [7, 11) is 0. The molecule has 3 heterocycles. The number of rotatable bonds is 4. The molecule has 2 atom stereocenters. The summed E-state index contributed by atoms with van der Waals surface area (Å²) in [5.74, 6) is -2.84. The van der Waals surface area contributed by atoms with Gasteiger partial charge in [0.2, 0.25) is 12.0 Å². The number of nitrogens with zero attached hydrogens (tertiary/aromatic N) is 3. The van der Waals surface area contributed by atoms with Crippen LogP contribution in [0, 0.1) is 11.6 Å². The van der Waals surface area contributed by atoms with Crippen LogP contribution in [0.5, 0.6) is 5.88 Å². The first-order valence-electron chi connectivity index (χ1n) is 12.1. The van der Waals surface area contributed by atoms with Crippen molar-refractivity contribution in [3.63, 3.8) is 0 Å². The monoisotopic (exact) mass is 529 g/mol. The average Bonchev–Trinajstić information content (AvgIpc) is 3.24. The number of nitrogens with one attached hydrogen (secondary N) is 2. The highest BCUT2D eigenvalue weighted by molar-refractivity contribution is 6.20. The van der Waals surface area contributed by atoms with Crippen molar-refractivity contribution in [1.82, 2.24) is 15.1 Å². The Kier molecular flexibility index (Phi) is 6.12. The first-order chi connectivity index (χ1) is 18.9. The van der Waals surface area contributed by atoms with Crippen molar-refractivity contribution in [1.29, 1.82) is 0 Å². The van der Waals surface area contributed by atoms with Gasteiger partial charge in [0.15, 0.2) is 0 Å². The van der Waals surface area contributed by atoms with Crippen LogP contribution in [0.2, 0.25) is 0 Å². The lowest BCUT2D eigenvalue weighted by atomic mass is 10.0. The first-order valence-corrected chi connectivity index (χ1v) is 12.1. The summed E-state index contributed by atoms with van der Waals surface area (Å²) in [6, 6.07) is 19.0. The van der Waals surface area contributed by atoms with Gasteiger partial charge in [-0.05, 0) is 18.2 Å². The molecule has 0 bridgehead atoms. The third kappa shape index (κ3) is 4.42. The van der Waals surface area contributed by atoms with Crippen LogP contribution in [-0.4, -0.2) is 51.3 Å². The van der Waals surface area contributed by atoms with E-state index in [1.54, 1.807) is 42.5 Å². The molecule has 3 N–H and O–H groups in total. The number of anilines is 1. The summed E-state index contributed by atoms with van der Waals surface area (Å²) in [4.78, 5) is 31.5. The summed E-state index contributed by atoms with van der Waals surface area (Å²) in [5, 5.41) is 19.5. The lowest BCUT2D eigenvalue weighted by Crippen LogP contribution is -2.42. The van der Waals surface area contributed by atoms with E-state index in [1.807, 2.05) is 0 Å². The Morgan fingerprint density at radius 3 is 2.51 bits per heavy atom. The van der Waals surface area contributed by atoms with Gasteiger partial charge >= 0.3 is 0 Å². The van der Waals surface area contributed by atoms with Crippen molar-refractivity contribution >= 4 is 23.2 Å². The molecular weight excluding hydrogens is 508 g/mol. The predicted molar refractivity (Wildman–Crippen MR) is 137 cm³/mol. The summed E-state index contributed by atoms with van der Waals surface area (Å²) < 4.78 is 36.4. The van der Waals surface area contributed by atoms with Gasteiger partial charge in [-0.1, -0.05) is 54.6 Å². The molecule has 1 unspecified atom stereocenters. The molecule has 0 fully saturated rings. The lowest BCUT2D eigenvalue weighted by Gasteiger charge is -2.21. The maximum absolute atomic E-state index is 14.8. The quantitative estimate of drug-likeness (QED) is 0.376. The molecule has 2 aliphatic heterocycles. The summed E-state index contributed by atoms with van der Waals surface area (Å²) in [5.41, 5.74) is 1.07. The van der Waals surface area contributed by atoms with E-state index in [0.717, 1.165) is 0 Å². The first kappa shape index (κ1) is 24.4. The van der Waals surface area contributed by atoms with Gasteiger partial charge < -0.3 is 20.5 Å². The second-order valence-corrected chi connectivity index (χ2v) is 9.03. The van der Waals surface area contributed by atoms with Gasteiger partial charge in [0.05, 0.1) is 17.9 Å². The zero-order valence-electron chi connectivity index (χ0n) is 20.3. The number of aliphatic hydroxyl groups is 1. The van der Waals surface area contributed by atoms with Crippen LogP contribution >= 0.6 is 0 Å². The highest BCUT2D eigenvalue weighted by Gasteiger charge is 2.35. The van der Waals surface area contributed by atoms with Crippen molar-refractivity contribution in [2.45, 2.75) is 18.8 Å². The molecule has 0 aliphatic carbocycles. The average molecular weight is 530 g/mol. The van der Waals surface area contributed by atoms with E-state index in [1.165, 1.54) is 35.0 Å². The lowest BCUT2D eigenvalue weighted by molar-refractivity contribution is -0.117. The third-order valence-electron chi connectivity index (χ3n) is 6.40. The second-order valence-electron chi connectivity index (χ2n) is 9.03. The van der Waals surface area contributed by atoms with E-state index in [4.69, 9.17) is 4.74 Å². The van der Waals surface area contributed by atoms with E-state index in [2.05, 4.69) is 20.7 Å². The number of aliphatic hydroxyl groups excluding tert-OH is 1. The fourth-order valence-electron chi connectivity index (χ4n) is 4.61. The van der Waals surface area contributed by atoms with Gasteiger partial charge in [-0.3, -0.25) is 9.59 Å². The van der Waals surface area contributed by atoms with Gasteiger partial charge in [-0.15, -0.1) is 0 Å². The number of para-hydroxylation sites is 1. The number of fused-ring (bicyclic) bond motifs is 2. The van der Waals surface area contributed by atoms with Gasteiger partial charge in [0, 0.05) is 16.7 Å². The number of benzodiazepines with no additional fused rings is 1. The molecule has 0 radical (unpaired) electrons. The van der Waals surface area contributed by atoms with E-state index in [0.29, 0.717) is 16.8 Å². The molecular formula is C28H21F2N5O4. The number of ether oxygens (including phenoxy) is 1. The van der Waals surface area contributed by atoms with Crippen molar-refractivity contribution in [2.75, 3.05) is 11.9 Å². The molecule has 0 saturated carbocycles. The number of aromatic nitrogens is 2. The number of halogens is 2.